The van der Waals surface area contributed by atoms with E-state index in [0.717, 1.165) is 26.9 Å². The van der Waals surface area contributed by atoms with E-state index in [9.17, 15) is 4.79 Å². The zero-order chi connectivity index (χ0) is 10.8. The molecule has 2 rings (SSSR count). The van der Waals surface area contributed by atoms with Crippen LogP contribution >= 0.6 is 27.3 Å². The molecular formula is C11H8BrNOS. The van der Waals surface area contributed by atoms with Crippen LogP contribution in [0.2, 0.25) is 0 Å². The lowest BCUT2D eigenvalue weighted by Crippen LogP contribution is -1.84. The first-order chi connectivity index (χ1) is 7.20. The van der Waals surface area contributed by atoms with Crippen LogP contribution in [-0.4, -0.2) is 11.3 Å². The van der Waals surface area contributed by atoms with Gasteiger partial charge in [0.25, 0.3) is 0 Å². The summed E-state index contributed by atoms with van der Waals surface area (Å²) in [7, 11) is 0. The maximum Gasteiger partial charge on any atom is 0.169 e. The molecule has 2 aromatic rings. The molecule has 0 aliphatic rings. The highest BCUT2D eigenvalue weighted by Gasteiger charge is 2.07. The molecule has 0 aliphatic carbocycles. The minimum Gasteiger partial charge on any atom is -0.296 e. The lowest BCUT2D eigenvalue weighted by Gasteiger charge is -2.02. The molecule has 4 heteroatoms. The molecule has 0 atom stereocenters. The van der Waals surface area contributed by atoms with Crippen LogP contribution < -0.4 is 0 Å². The Hall–Kier alpha value is -1.00. The number of hydrogen-bond donors (Lipinski definition) is 0. The molecule has 0 fully saturated rings. The quantitative estimate of drug-likeness (QED) is 0.786. The van der Waals surface area contributed by atoms with Crippen LogP contribution in [0.4, 0.5) is 0 Å². The third-order valence-electron chi connectivity index (χ3n) is 2.07. The van der Waals surface area contributed by atoms with Crippen molar-refractivity contribution in [2.24, 2.45) is 0 Å². The molecule has 0 aliphatic heterocycles. The number of aldehydes is 1. The molecule has 15 heavy (non-hydrogen) atoms. The van der Waals surface area contributed by atoms with Crippen LogP contribution in [-0.2, 0) is 0 Å². The van der Waals surface area contributed by atoms with Gasteiger partial charge in [-0.25, -0.2) is 4.98 Å². The van der Waals surface area contributed by atoms with Crippen LogP contribution in [0.1, 0.15) is 16.1 Å². The largest absolute Gasteiger partial charge is 0.296 e. The van der Waals surface area contributed by atoms with Crippen LogP contribution in [0.15, 0.2) is 28.1 Å². The highest BCUT2D eigenvalue weighted by atomic mass is 79.9. The van der Waals surface area contributed by atoms with E-state index >= 15 is 0 Å². The molecule has 0 radical (unpaired) electrons. The molecule has 0 saturated heterocycles. The summed E-state index contributed by atoms with van der Waals surface area (Å²) in [4.78, 5) is 14.8. The second kappa shape index (κ2) is 4.24. The van der Waals surface area contributed by atoms with Gasteiger partial charge in [-0.2, -0.15) is 0 Å². The van der Waals surface area contributed by atoms with Gasteiger partial charge in [0.1, 0.15) is 10.7 Å². The van der Waals surface area contributed by atoms with Gasteiger partial charge in [0, 0.05) is 15.4 Å². The smallest absolute Gasteiger partial charge is 0.169 e. The summed E-state index contributed by atoms with van der Waals surface area (Å²) >= 11 is 4.91. The number of carbonyl (C=O) groups is 1. The Labute approximate surface area is 100 Å². The maximum atomic E-state index is 10.5. The van der Waals surface area contributed by atoms with Crippen molar-refractivity contribution in [3.05, 3.63) is 39.3 Å². The van der Waals surface area contributed by atoms with Gasteiger partial charge in [-0.05, 0) is 24.6 Å². The number of benzene rings is 1. The summed E-state index contributed by atoms with van der Waals surface area (Å²) < 4.78 is 1.02. The van der Waals surface area contributed by atoms with Gasteiger partial charge in [0.05, 0.1) is 0 Å². The Bertz CT molecular complexity index is 507. The minimum absolute atomic E-state index is 0.495. The van der Waals surface area contributed by atoms with E-state index in [0.29, 0.717) is 5.69 Å². The molecule has 1 aromatic heterocycles. The SMILES string of the molecule is Cc1ccc(Br)cc1-c1nc(C=O)cs1. The van der Waals surface area contributed by atoms with Crippen molar-refractivity contribution < 1.29 is 4.79 Å². The number of aromatic nitrogens is 1. The molecule has 1 aromatic carbocycles. The monoisotopic (exact) mass is 281 g/mol. The first-order valence-electron chi connectivity index (χ1n) is 4.38. The number of thiazole rings is 1. The second-order valence-electron chi connectivity index (χ2n) is 3.15. The molecule has 0 unspecified atom stereocenters. The lowest BCUT2D eigenvalue weighted by molar-refractivity contribution is 0.111. The highest BCUT2D eigenvalue weighted by Crippen LogP contribution is 2.28. The van der Waals surface area contributed by atoms with Crippen molar-refractivity contribution in [3.8, 4) is 10.6 Å². The Morgan fingerprint density at radius 2 is 2.27 bits per heavy atom. The zero-order valence-corrected chi connectivity index (χ0v) is 10.4. The second-order valence-corrected chi connectivity index (χ2v) is 4.93. The normalized spacial score (nSPS) is 10.3. The first-order valence-corrected chi connectivity index (χ1v) is 6.05. The summed E-state index contributed by atoms with van der Waals surface area (Å²) in [5, 5.41) is 2.65. The number of aryl methyl sites for hydroxylation is 1. The van der Waals surface area contributed by atoms with Crippen molar-refractivity contribution in [1.82, 2.24) is 4.98 Å². The van der Waals surface area contributed by atoms with Crippen molar-refractivity contribution in [1.29, 1.82) is 0 Å². The average molecular weight is 282 g/mol. The molecule has 0 spiro atoms. The van der Waals surface area contributed by atoms with Gasteiger partial charge in [0.15, 0.2) is 6.29 Å². The summed E-state index contributed by atoms with van der Waals surface area (Å²) in [5.74, 6) is 0. The molecule has 2 nitrogen and oxygen atoms in total. The highest BCUT2D eigenvalue weighted by molar-refractivity contribution is 9.10. The summed E-state index contributed by atoms with van der Waals surface area (Å²) in [6.07, 6.45) is 0.771. The van der Waals surface area contributed by atoms with Crippen molar-refractivity contribution in [3.63, 3.8) is 0 Å². The van der Waals surface area contributed by atoms with Gasteiger partial charge in [-0.3, -0.25) is 4.79 Å². The third-order valence-corrected chi connectivity index (χ3v) is 3.46. The third kappa shape index (κ3) is 2.16. The Morgan fingerprint density at radius 3 is 2.93 bits per heavy atom. The predicted molar refractivity (Wildman–Crippen MR) is 65.4 cm³/mol. The number of halogens is 1. The predicted octanol–water partition coefficient (Wildman–Crippen LogP) is 3.69. The van der Waals surface area contributed by atoms with Gasteiger partial charge in [-0.15, -0.1) is 11.3 Å². The minimum atomic E-state index is 0.495. The zero-order valence-electron chi connectivity index (χ0n) is 8.03. The fourth-order valence-electron chi connectivity index (χ4n) is 1.29. The number of hydrogen-bond acceptors (Lipinski definition) is 3. The van der Waals surface area contributed by atoms with Crippen LogP contribution in [0.25, 0.3) is 10.6 Å². The average Bonchev–Trinajstić information content (AvgIpc) is 2.70. The van der Waals surface area contributed by atoms with Crippen LogP contribution in [0, 0.1) is 6.92 Å². The molecule has 0 bridgehead atoms. The number of rotatable bonds is 2. The first kappa shape index (κ1) is 10.5. The molecule has 0 N–H and O–H groups in total. The Morgan fingerprint density at radius 1 is 1.47 bits per heavy atom. The molecule has 76 valence electrons. The van der Waals surface area contributed by atoms with Crippen molar-refractivity contribution in [2.45, 2.75) is 6.92 Å². The molecule has 1 heterocycles. The molecular weight excluding hydrogens is 274 g/mol. The van der Waals surface area contributed by atoms with E-state index in [1.165, 1.54) is 11.3 Å². The fraction of sp³-hybridized carbons (Fsp3) is 0.0909. The van der Waals surface area contributed by atoms with Gasteiger partial charge in [-0.1, -0.05) is 22.0 Å². The summed E-state index contributed by atoms with van der Waals surface area (Å²) in [5.41, 5.74) is 2.72. The van der Waals surface area contributed by atoms with Gasteiger partial charge >= 0.3 is 0 Å². The topological polar surface area (TPSA) is 30.0 Å². The van der Waals surface area contributed by atoms with E-state index in [2.05, 4.69) is 20.9 Å². The molecule has 0 saturated carbocycles. The fourth-order valence-corrected chi connectivity index (χ4v) is 2.50. The van der Waals surface area contributed by atoms with Gasteiger partial charge < -0.3 is 0 Å². The number of nitrogens with zero attached hydrogens (tertiary/aromatic N) is 1. The van der Waals surface area contributed by atoms with E-state index in [-0.39, 0.29) is 0 Å². The maximum absolute atomic E-state index is 10.5. The number of carbonyl (C=O) groups excluding carboxylic acids is 1. The van der Waals surface area contributed by atoms with E-state index < -0.39 is 0 Å². The van der Waals surface area contributed by atoms with Crippen LogP contribution in [0.3, 0.4) is 0 Å². The standard InChI is InChI=1S/C11H8BrNOS/c1-7-2-3-8(12)4-10(7)11-13-9(5-14)6-15-11/h2-6H,1H3. The summed E-state index contributed by atoms with van der Waals surface area (Å²) in [6, 6.07) is 6.04. The van der Waals surface area contributed by atoms with E-state index in [4.69, 9.17) is 0 Å². The summed E-state index contributed by atoms with van der Waals surface area (Å²) in [6.45, 7) is 2.03. The lowest BCUT2D eigenvalue weighted by atomic mass is 10.1. The van der Waals surface area contributed by atoms with E-state index in [1.54, 1.807) is 5.38 Å². The Balaban J connectivity index is 2.52. The molecule has 0 amide bonds. The van der Waals surface area contributed by atoms with Gasteiger partial charge in [0.2, 0.25) is 0 Å². The Kier molecular flexibility index (Phi) is 2.98. The van der Waals surface area contributed by atoms with Crippen LogP contribution in [0.5, 0.6) is 0 Å². The van der Waals surface area contributed by atoms with E-state index in [1.807, 2.05) is 25.1 Å². The van der Waals surface area contributed by atoms with Crippen molar-refractivity contribution in [2.75, 3.05) is 0 Å². The van der Waals surface area contributed by atoms with Crippen molar-refractivity contribution >= 4 is 33.6 Å².